The maximum atomic E-state index is 11.6. The maximum absolute atomic E-state index is 11.6. The fourth-order valence-corrected chi connectivity index (χ4v) is 3.55. The van der Waals surface area contributed by atoms with Crippen molar-refractivity contribution in [2.45, 2.75) is 0 Å². The van der Waals surface area contributed by atoms with Crippen LogP contribution in [0.1, 0.15) is 11.1 Å². The summed E-state index contributed by atoms with van der Waals surface area (Å²) in [4.78, 5) is 23.0. The van der Waals surface area contributed by atoms with E-state index in [0.29, 0.717) is 11.3 Å². The Bertz CT molecular complexity index is 1060. The predicted molar refractivity (Wildman–Crippen MR) is 110 cm³/mol. The fourth-order valence-electron chi connectivity index (χ4n) is 3.22. The molecule has 6 nitrogen and oxygen atoms in total. The van der Waals surface area contributed by atoms with Crippen LogP contribution in [0.4, 0.5) is 11.4 Å². The van der Waals surface area contributed by atoms with Gasteiger partial charge < -0.3 is 23.9 Å². The Balaban J connectivity index is 0.00000160. The number of fused-ring (bicyclic) bond motifs is 2. The summed E-state index contributed by atoms with van der Waals surface area (Å²) < 4.78 is 22.3. The Hall–Kier alpha value is -0.466. The summed E-state index contributed by atoms with van der Waals surface area (Å²) in [6.07, 6.45) is 0. The molecule has 1 aliphatic rings. The van der Waals surface area contributed by atoms with E-state index in [2.05, 4.69) is 6.07 Å². The van der Waals surface area contributed by atoms with E-state index in [0.717, 1.165) is 22.5 Å². The van der Waals surface area contributed by atoms with E-state index in [1.54, 1.807) is 24.3 Å². The topological polar surface area (TPSA) is 82.1 Å². The van der Waals surface area contributed by atoms with Gasteiger partial charge in [0.25, 0.3) is 5.95 Å². The summed E-state index contributed by atoms with van der Waals surface area (Å²) in [6.45, 7) is 0. The molecule has 1 aliphatic heterocycles. The zero-order valence-corrected chi connectivity index (χ0v) is 23.6. The molecule has 1 atom stereocenters. The van der Waals surface area contributed by atoms with Crippen LogP contribution in [0.3, 0.4) is 0 Å². The average Bonchev–Trinajstić information content (AvgIpc) is 2.68. The minimum Gasteiger partial charge on any atom is -0.746 e. The molecule has 0 aromatic heterocycles. The molecule has 0 saturated heterocycles. The fraction of sp³-hybridized carbons (Fsp3) is 0.0476. The number of hydrogen-bond acceptors (Lipinski definition) is 5. The van der Waals surface area contributed by atoms with Gasteiger partial charge in [-0.25, -0.2) is 0 Å². The Morgan fingerprint density at radius 3 is 1.97 bits per heavy atom. The first kappa shape index (κ1) is 28.6. The quantitative estimate of drug-likeness (QED) is 0.248. The minimum atomic E-state index is -5.12. The van der Waals surface area contributed by atoms with Crippen molar-refractivity contribution in [1.82, 2.24) is 0 Å². The third kappa shape index (κ3) is 6.54. The molecule has 31 heavy (non-hydrogen) atoms. The van der Waals surface area contributed by atoms with Gasteiger partial charge in [0.15, 0.2) is 0 Å². The second-order valence-electron chi connectivity index (χ2n) is 6.15. The number of rotatable bonds is 4. The van der Waals surface area contributed by atoms with Gasteiger partial charge in [-0.2, -0.15) is 18.2 Å². The Labute approximate surface area is 237 Å². The standard InChI is InChI=1S/C21H17NO5P.2Na.V/c1-22-18-13-7-5-11-16(18)20(17-12-6-8-14-19(17)22)21(27-28(23,24)25)26-15-9-3-2-4-10-15;;;/h3-14H,1H3,(H2,23,24,25);;;/q-1;;+1;/p-1. The van der Waals surface area contributed by atoms with Crippen LogP contribution in [-0.4, -0.2) is 41.5 Å². The molecule has 1 heterocycles. The van der Waals surface area contributed by atoms with Crippen LogP contribution >= 0.6 is 7.82 Å². The molecule has 0 bridgehead atoms. The Morgan fingerprint density at radius 2 is 1.48 bits per heavy atom. The molecular formula is C21H16NNa2O5PV-. The molecule has 0 amide bonds. The molecule has 0 fully saturated rings. The largest absolute Gasteiger partial charge is 1.00 e. The SMILES string of the molecule is CN1c2ccccc2C(=C(Oc2cc[c-]cc2)OP(=O)([O-])O)c2ccccc21.[Na+].[Na].[V]. The third-order valence-electron chi connectivity index (χ3n) is 4.37. The molecule has 3 aromatic rings. The Morgan fingerprint density at radius 1 is 1.00 bits per heavy atom. The Kier molecular flexibility index (Phi) is 11.2. The van der Waals surface area contributed by atoms with E-state index in [9.17, 15) is 14.4 Å². The van der Waals surface area contributed by atoms with Crippen LogP contribution in [0.5, 0.6) is 5.75 Å². The summed E-state index contributed by atoms with van der Waals surface area (Å²) in [5, 5.41) is 0. The molecule has 0 saturated carbocycles. The molecule has 2 radical (unpaired) electrons. The van der Waals surface area contributed by atoms with Crippen molar-refractivity contribution in [1.29, 1.82) is 0 Å². The average molecular weight is 490 g/mol. The number of ether oxygens (including phenoxy) is 1. The molecule has 3 aromatic carbocycles. The predicted octanol–water partition coefficient (Wildman–Crippen LogP) is 0.462. The monoisotopic (exact) mass is 490 g/mol. The van der Waals surface area contributed by atoms with Crippen molar-refractivity contribution in [2.75, 3.05) is 11.9 Å². The normalized spacial score (nSPS) is 13.1. The van der Waals surface area contributed by atoms with Crippen LogP contribution in [0.25, 0.3) is 5.57 Å². The smallest absolute Gasteiger partial charge is 0.746 e. The van der Waals surface area contributed by atoms with E-state index in [4.69, 9.17) is 9.26 Å². The van der Waals surface area contributed by atoms with Crippen molar-refractivity contribution in [3.05, 3.63) is 95.9 Å². The number of phosphoric ester groups is 1. The van der Waals surface area contributed by atoms with Gasteiger partial charge in [0.2, 0.25) is 0 Å². The van der Waals surface area contributed by atoms with E-state index in [1.807, 2.05) is 60.5 Å². The first-order chi connectivity index (χ1) is 13.4. The van der Waals surface area contributed by atoms with E-state index in [-0.39, 0.29) is 83.6 Å². The molecule has 1 N–H and O–H groups in total. The minimum absolute atomic E-state index is 0. The van der Waals surface area contributed by atoms with Crippen LogP contribution in [0.2, 0.25) is 0 Å². The van der Waals surface area contributed by atoms with Gasteiger partial charge in [0.1, 0.15) is 0 Å². The van der Waals surface area contributed by atoms with E-state index < -0.39 is 7.82 Å². The van der Waals surface area contributed by atoms with Gasteiger partial charge in [0.05, 0.1) is 5.57 Å². The van der Waals surface area contributed by atoms with Gasteiger partial charge in [-0.05, 0) is 12.1 Å². The van der Waals surface area contributed by atoms with E-state index in [1.165, 1.54) is 0 Å². The second kappa shape index (κ2) is 12.1. The summed E-state index contributed by atoms with van der Waals surface area (Å²) in [7, 11) is -3.19. The van der Waals surface area contributed by atoms with Gasteiger partial charge in [-0.3, -0.25) is 4.57 Å². The molecule has 148 valence electrons. The van der Waals surface area contributed by atoms with Crippen LogP contribution in [-0.2, 0) is 27.6 Å². The zero-order valence-electron chi connectivity index (χ0n) is 17.4. The summed E-state index contributed by atoms with van der Waals surface area (Å²) in [5.74, 6) is 0.0311. The van der Waals surface area contributed by atoms with Crippen molar-refractivity contribution >= 4 is 54.3 Å². The summed E-state index contributed by atoms with van der Waals surface area (Å²) in [5.41, 5.74) is 3.56. The van der Waals surface area contributed by atoms with Crippen LogP contribution in [0.15, 0.2) is 78.7 Å². The number of benzene rings is 3. The number of anilines is 2. The number of hydrogen-bond donors (Lipinski definition) is 1. The molecule has 1 unspecified atom stereocenters. The third-order valence-corrected chi connectivity index (χ3v) is 4.77. The number of nitrogens with zero attached hydrogens (tertiary/aromatic N) is 1. The van der Waals surface area contributed by atoms with Crippen molar-refractivity contribution in [3.8, 4) is 5.75 Å². The molecule has 10 heteroatoms. The first-order valence-corrected chi connectivity index (χ1v) is 9.98. The van der Waals surface area contributed by atoms with Gasteiger partial charge >= 0.3 is 37.4 Å². The molecule has 0 aliphatic carbocycles. The number of para-hydroxylation sites is 2. The molecular weight excluding hydrogens is 474 g/mol. The molecule has 0 spiro atoms. The van der Waals surface area contributed by atoms with Crippen LogP contribution in [0, 0.1) is 6.07 Å². The van der Waals surface area contributed by atoms with Gasteiger partial charge in [0, 0.05) is 83.4 Å². The second-order valence-corrected chi connectivity index (χ2v) is 7.27. The van der Waals surface area contributed by atoms with Crippen molar-refractivity contribution in [3.63, 3.8) is 0 Å². The summed E-state index contributed by atoms with van der Waals surface area (Å²) in [6, 6.07) is 24.3. The zero-order chi connectivity index (χ0) is 19.7. The number of phosphoric acid groups is 1. The first-order valence-electron chi connectivity index (χ1n) is 8.48. The maximum Gasteiger partial charge on any atom is 1.00 e. The summed E-state index contributed by atoms with van der Waals surface area (Å²) >= 11 is 0. The van der Waals surface area contributed by atoms with Crippen molar-refractivity contribution in [2.24, 2.45) is 0 Å². The molecule has 4 rings (SSSR count). The van der Waals surface area contributed by atoms with Crippen LogP contribution < -0.4 is 44.1 Å². The van der Waals surface area contributed by atoms with E-state index >= 15 is 0 Å². The van der Waals surface area contributed by atoms with Crippen molar-refractivity contribution < 1.29 is 71.7 Å². The van der Waals surface area contributed by atoms with Gasteiger partial charge in [-0.1, -0.05) is 36.4 Å². The van der Waals surface area contributed by atoms with Gasteiger partial charge in [-0.15, -0.1) is 12.1 Å².